The Labute approximate surface area is 461 Å². The molecule has 0 aromatic rings. The van der Waals surface area contributed by atoms with Gasteiger partial charge >= 0.3 is 17.9 Å². The highest BCUT2D eigenvalue weighted by atomic mass is 16.7. The first-order valence-electron chi connectivity index (χ1n) is 30.4. The third-order valence-corrected chi connectivity index (χ3v) is 12.8. The Morgan fingerprint density at radius 1 is 0.413 bits per heavy atom. The molecular weight excluding hydrogens is 935 g/mol. The number of ether oxygens (including phenoxy) is 4. The van der Waals surface area contributed by atoms with Crippen molar-refractivity contribution < 1.29 is 42.9 Å². The second-order valence-electron chi connectivity index (χ2n) is 21.3. The van der Waals surface area contributed by atoms with Crippen LogP contribution in [0.15, 0.2) is 97.2 Å². The molecule has 0 saturated carbocycles. The molecule has 0 fully saturated rings. The molecule has 0 spiro atoms. The average molecular weight is 1050 g/mol. The van der Waals surface area contributed by atoms with Crippen molar-refractivity contribution >= 4 is 17.9 Å². The van der Waals surface area contributed by atoms with Gasteiger partial charge in [-0.2, -0.15) is 0 Å². The Kier molecular flexibility index (Phi) is 53.6. The Bertz CT molecular complexity index is 1550. The summed E-state index contributed by atoms with van der Waals surface area (Å²) in [6.07, 6.45) is 73.4. The summed E-state index contributed by atoms with van der Waals surface area (Å²) >= 11 is 0. The van der Waals surface area contributed by atoms with Gasteiger partial charge in [-0.15, -0.1) is 0 Å². The highest BCUT2D eigenvalue weighted by molar-refractivity contribution is 5.71. The number of hydrogen-bond donors (Lipinski definition) is 1. The predicted octanol–water partition coefficient (Wildman–Crippen LogP) is 18.1. The summed E-state index contributed by atoms with van der Waals surface area (Å²) in [6, 6.07) is 0. The zero-order chi connectivity index (χ0) is 54.8. The van der Waals surface area contributed by atoms with Crippen LogP contribution >= 0.6 is 0 Å². The third kappa shape index (κ3) is 57.7. The van der Waals surface area contributed by atoms with Gasteiger partial charge in [-0.1, -0.05) is 233 Å². The van der Waals surface area contributed by atoms with Crippen LogP contribution in [0, 0.1) is 0 Å². The van der Waals surface area contributed by atoms with E-state index in [1.807, 2.05) is 21.1 Å². The van der Waals surface area contributed by atoms with E-state index in [1.165, 1.54) is 122 Å². The monoisotopic (exact) mass is 1050 g/mol. The van der Waals surface area contributed by atoms with Gasteiger partial charge < -0.3 is 28.5 Å². The molecule has 0 rings (SSSR count). The third-order valence-electron chi connectivity index (χ3n) is 12.8. The van der Waals surface area contributed by atoms with E-state index in [1.54, 1.807) is 0 Å². The van der Waals surface area contributed by atoms with Gasteiger partial charge in [0.15, 0.2) is 6.10 Å². The number of carboxylic acids is 1. The second-order valence-corrected chi connectivity index (χ2v) is 21.3. The standard InChI is InChI=1S/C66H113NO8/c1-6-8-10-12-14-16-18-20-22-24-26-28-30-31-32-33-35-37-39-41-43-45-47-49-51-53-55-57-64(69)75-62(61-74-66(65(70)71)72-59-58-67(3,4)5)60-73-63(68)56-54-52-50-48-46-44-42-40-38-36-34-29-27-25-23-21-19-17-15-13-11-9-7-2/h8,10,14,16,19-22,25-28,31-32,35,37,62,66H,6-7,9,11-13,15,17-18,23-24,29-30,33-34,36,38-61H2,1-5H3/p+1/b10-8-,16-14-,21-19-,22-20-,27-25-,28-26-,32-31-,37-35-. The number of carbonyl (C=O) groups is 3. The summed E-state index contributed by atoms with van der Waals surface area (Å²) in [5, 5.41) is 9.72. The zero-order valence-electron chi connectivity index (χ0n) is 48.9. The SMILES string of the molecule is CC/C=C\C/C=C\C/C=C\C/C=C\C/C=C\C/C=C\CCCCCCCCCCC(=O)OC(COC(=O)CCCCCCCCCCCCC/C=C\C/C=C\CCCCCCC)COC(OCC[N+](C)(C)C)C(=O)O. The van der Waals surface area contributed by atoms with E-state index in [0.717, 1.165) is 89.9 Å². The number of aliphatic carboxylic acids is 1. The van der Waals surface area contributed by atoms with Crippen LogP contribution < -0.4 is 0 Å². The fourth-order valence-electron chi connectivity index (χ4n) is 8.16. The number of nitrogens with zero attached hydrogens (tertiary/aromatic N) is 1. The molecule has 0 aromatic carbocycles. The molecule has 2 unspecified atom stereocenters. The number of likely N-dealkylation sites (N-methyl/N-ethyl adjacent to an activating group) is 1. The van der Waals surface area contributed by atoms with Crippen molar-refractivity contribution in [2.24, 2.45) is 0 Å². The molecule has 430 valence electrons. The maximum atomic E-state index is 12.9. The molecule has 0 heterocycles. The number of quaternary nitrogens is 1. The second kappa shape index (κ2) is 56.4. The molecule has 0 bridgehead atoms. The van der Waals surface area contributed by atoms with Crippen molar-refractivity contribution in [3.05, 3.63) is 97.2 Å². The largest absolute Gasteiger partial charge is 0.477 e. The van der Waals surface area contributed by atoms with E-state index in [4.69, 9.17) is 18.9 Å². The van der Waals surface area contributed by atoms with E-state index in [2.05, 4.69) is 111 Å². The first-order chi connectivity index (χ1) is 36.6. The van der Waals surface area contributed by atoms with Crippen LogP contribution in [0.2, 0.25) is 0 Å². The fraction of sp³-hybridized carbons (Fsp3) is 0.712. The minimum atomic E-state index is -1.52. The lowest BCUT2D eigenvalue weighted by molar-refractivity contribution is -0.870. The van der Waals surface area contributed by atoms with Gasteiger partial charge in [-0.05, 0) is 96.3 Å². The molecule has 0 aliphatic rings. The Hall–Kier alpha value is -3.79. The minimum absolute atomic E-state index is 0.181. The van der Waals surface area contributed by atoms with Crippen molar-refractivity contribution in [2.75, 3.05) is 47.5 Å². The number of hydrogen-bond acceptors (Lipinski definition) is 7. The maximum Gasteiger partial charge on any atom is 0.361 e. The molecule has 0 amide bonds. The number of esters is 2. The summed E-state index contributed by atoms with van der Waals surface area (Å²) in [4.78, 5) is 37.5. The highest BCUT2D eigenvalue weighted by Gasteiger charge is 2.25. The number of allylic oxidation sites excluding steroid dienone is 16. The van der Waals surface area contributed by atoms with Crippen molar-refractivity contribution in [3.63, 3.8) is 0 Å². The van der Waals surface area contributed by atoms with Crippen LogP contribution in [0.4, 0.5) is 0 Å². The molecule has 0 saturated heterocycles. The Morgan fingerprint density at radius 3 is 1.13 bits per heavy atom. The van der Waals surface area contributed by atoms with Gasteiger partial charge in [0.05, 0.1) is 34.4 Å². The summed E-state index contributed by atoms with van der Waals surface area (Å²) < 4.78 is 22.9. The molecule has 0 aliphatic carbocycles. The van der Waals surface area contributed by atoms with Gasteiger partial charge in [-0.25, -0.2) is 4.79 Å². The maximum absolute atomic E-state index is 12.9. The van der Waals surface area contributed by atoms with Crippen molar-refractivity contribution in [2.45, 2.75) is 257 Å². The Morgan fingerprint density at radius 2 is 0.760 bits per heavy atom. The van der Waals surface area contributed by atoms with Crippen LogP contribution in [0.1, 0.15) is 245 Å². The van der Waals surface area contributed by atoms with Gasteiger partial charge in [-0.3, -0.25) is 9.59 Å². The van der Waals surface area contributed by atoms with Gasteiger partial charge in [0.2, 0.25) is 0 Å². The number of carbonyl (C=O) groups excluding carboxylic acids is 2. The van der Waals surface area contributed by atoms with E-state index < -0.39 is 24.3 Å². The number of carboxylic acid groups (broad SMARTS) is 1. The molecule has 9 nitrogen and oxygen atoms in total. The molecule has 75 heavy (non-hydrogen) atoms. The smallest absolute Gasteiger partial charge is 0.361 e. The lowest BCUT2D eigenvalue weighted by Crippen LogP contribution is -2.40. The molecular formula is C66H114NO8+. The van der Waals surface area contributed by atoms with E-state index in [-0.39, 0.29) is 32.2 Å². The fourth-order valence-corrected chi connectivity index (χ4v) is 8.16. The first-order valence-corrected chi connectivity index (χ1v) is 30.4. The first kappa shape index (κ1) is 71.2. The van der Waals surface area contributed by atoms with Crippen molar-refractivity contribution in [1.82, 2.24) is 0 Å². The molecule has 9 heteroatoms. The quantitative estimate of drug-likeness (QED) is 0.0211. The van der Waals surface area contributed by atoms with E-state index in [0.29, 0.717) is 23.9 Å². The lowest BCUT2D eigenvalue weighted by Gasteiger charge is -2.25. The summed E-state index contributed by atoms with van der Waals surface area (Å²) in [7, 11) is 5.96. The number of unbranched alkanes of at least 4 members (excludes halogenated alkanes) is 24. The predicted molar refractivity (Wildman–Crippen MR) is 318 cm³/mol. The van der Waals surface area contributed by atoms with Gasteiger partial charge in [0.25, 0.3) is 6.29 Å². The van der Waals surface area contributed by atoms with E-state index >= 15 is 0 Å². The number of rotatable bonds is 55. The van der Waals surface area contributed by atoms with Gasteiger partial charge in [0, 0.05) is 12.8 Å². The Balaban J connectivity index is 4.27. The van der Waals surface area contributed by atoms with Crippen molar-refractivity contribution in [1.29, 1.82) is 0 Å². The van der Waals surface area contributed by atoms with Crippen LogP contribution in [-0.4, -0.2) is 87.4 Å². The zero-order valence-corrected chi connectivity index (χ0v) is 48.9. The van der Waals surface area contributed by atoms with Crippen molar-refractivity contribution in [3.8, 4) is 0 Å². The summed E-state index contributed by atoms with van der Waals surface area (Å²) in [6.45, 7) is 4.75. The average Bonchev–Trinajstić information content (AvgIpc) is 3.38. The topological polar surface area (TPSA) is 108 Å². The van der Waals surface area contributed by atoms with Crippen LogP contribution in [-0.2, 0) is 33.3 Å². The molecule has 0 aliphatic heterocycles. The minimum Gasteiger partial charge on any atom is -0.477 e. The normalized spacial score (nSPS) is 13.5. The summed E-state index contributed by atoms with van der Waals surface area (Å²) in [5.74, 6) is -2.02. The molecule has 1 N–H and O–H groups in total. The van der Waals surface area contributed by atoms with Crippen LogP contribution in [0.25, 0.3) is 0 Å². The summed E-state index contributed by atoms with van der Waals surface area (Å²) in [5.41, 5.74) is 0. The van der Waals surface area contributed by atoms with Crippen LogP contribution in [0.3, 0.4) is 0 Å². The molecule has 0 aromatic heterocycles. The lowest BCUT2D eigenvalue weighted by atomic mass is 10.0. The molecule has 0 radical (unpaired) electrons. The molecule has 2 atom stereocenters. The van der Waals surface area contributed by atoms with Crippen LogP contribution in [0.5, 0.6) is 0 Å². The van der Waals surface area contributed by atoms with E-state index in [9.17, 15) is 19.5 Å². The highest BCUT2D eigenvalue weighted by Crippen LogP contribution is 2.15. The van der Waals surface area contributed by atoms with Gasteiger partial charge in [0.1, 0.15) is 13.2 Å².